The number of rotatable bonds is 2. The molecule has 0 aliphatic carbocycles. The number of nitrogens with zero attached hydrogens (tertiary/aromatic N) is 1. The molecule has 0 fully saturated rings. The maximum Gasteiger partial charge on any atom is 0.252 e. The minimum atomic E-state index is -0.130. The predicted octanol–water partition coefficient (Wildman–Crippen LogP) is 3.32. The molecule has 0 atom stereocenters. The average Bonchev–Trinajstić information content (AvgIpc) is 2.58. The highest BCUT2D eigenvalue weighted by molar-refractivity contribution is 6.06. The highest BCUT2D eigenvalue weighted by atomic mass is 16.1. The second kappa shape index (κ2) is 6.76. The third-order valence-corrected chi connectivity index (χ3v) is 3.43. The van der Waals surface area contributed by atoms with Gasteiger partial charge in [-0.05, 0) is 31.2 Å². The van der Waals surface area contributed by atoms with E-state index in [0.717, 1.165) is 22.2 Å². The van der Waals surface area contributed by atoms with Gasteiger partial charge in [0.05, 0.1) is 17.6 Å². The molecule has 0 spiro atoms. The van der Waals surface area contributed by atoms with Gasteiger partial charge in [-0.1, -0.05) is 48.2 Å². The number of aromatic nitrogens is 1. The van der Waals surface area contributed by atoms with E-state index in [1.54, 1.807) is 0 Å². The number of aryl methyl sites for hydroxylation is 1. The van der Waals surface area contributed by atoms with Crippen LogP contribution in [0.4, 0.5) is 0 Å². The zero-order valence-electron chi connectivity index (χ0n) is 12.8. The van der Waals surface area contributed by atoms with Crippen LogP contribution in [0.25, 0.3) is 10.9 Å². The van der Waals surface area contributed by atoms with Gasteiger partial charge in [-0.15, -0.1) is 0 Å². The summed E-state index contributed by atoms with van der Waals surface area (Å²) in [4.78, 5) is 16.9. The van der Waals surface area contributed by atoms with Gasteiger partial charge in [-0.3, -0.25) is 9.78 Å². The van der Waals surface area contributed by atoms with E-state index in [0.29, 0.717) is 12.1 Å². The van der Waals surface area contributed by atoms with Crippen molar-refractivity contribution in [2.24, 2.45) is 0 Å². The van der Waals surface area contributed by atoms with Crippen molar-refractivity contribution >= 4 is 16.8 Å². The van der Waals surface area contributed by atoms with Gasteiger partial charge in [0.15, 0.2) is 0 Å². The van der Waals surface area contributed by atoms with E-state index < -0.39 is 0 Å². The van der Waals surface area contributed by atoms with E-state index in [9.17, 15) is 4.79 Å². The van der Waals surface area contributed by atoms with Crippen molar-refractivity contribution in [1.29, 1.82) is 0 Å². The number of hydrogen-bond acceptors (Lipinski definition) is 2. The molecule has 0 saturated heterocycles. The summed E-state index contributed by atoms with van der Waals surface area (Å²) in [7, 11) is 0. The number of hydrogen-bond donors (Lipinski definition) is 1. The van der Waals surface area contributed by atoms with Crippen molar-refractivity contribution < 1.29 is 4.79 Å². The molecule has 0 unspecified atom stereocenters. The lowest BCUT2D eigenvalue weighted by atomic mass is 10.1. The molecule has 0 aliphatic rings. The molecule has 3 rings (SSSR count). The van der Waals surface area contributed by atoms with Gasteiger partial charge < -0.3 is 5.32 Å². The fourth-order valence-corrected chi connectivity index (χ4v) is 2.38. The van der Waals surface area contributed by atoms with Crippen molar-refractivity contribution in [3.63, 3.8) is 0 Å². The van der Waals surface area contributed by atoms with Crippen LogP contribution in [0.2, 0.25) is 0 Å². The molecule has 0 saturated carbocycles. The van der Waals surface area contributed by atoms with Gasteiger partial charge in [-0.25, -0.2) is 0 Å². The Morgan fingerprint density at radius 2 is 1.83 bits per heavy atom. The van der Waals surface area contributed by atoms with Crippen molar-refractivity contribution in [2.45, 2.75) is 6.92 Å². The van der Waals surface area contributed by atoms with E-state index in [1.165, 1.54) is 0 Å². The number of carbonyl (C=O) groups excluding carboxylic acids is 1. The lowest BCUT2D eigenvalue weighted by Gasteiger charge is -2.07. The van der Waals surface area contributed by atoms with E-state index in [-0.39, 0.29) is 5.91 Å². The Morgan fingerprint density at radius 1 is 1.09 bits per heavy atom. The topological polar surface area (TPSA) is 42.0 Å². The first-order valence-electron chi connectivity index (χ1n) is 7.42. The summed E-state index contributed by atoms with van der Waals surface area (Å²) in [5, 5.41) is 3.70. The van der Waals surface area contributed by atoms with E-state index in [2.05, 4.69) is 22.1 Å². The molecule has 0 bridgehead atoms. The van der Waals surface area contributed by atoms with Gasteiger partial charge in [0.2, 0.25) is 0 Å². The van der Waals surface area contributed by atoms with Gasteiger partial charge in [-0.2, -0.15) is 0 Å². The van der Waals surface area contributed by atoms with Gasteiger partial charge >= 0.3 is 0 Å². The molecule has 1 N–H and O–H groups in total. The van der Waals surface area contributed by atoms with Crippen molar-refractivity contribution in [3.8, 4) is 11.8 Å². The Morgan fingerprint density at radius 3 is 2.65 bits per heavy atom. The third-order valence-electron chi connectivity index (χ3n) is 3.43. The minimum Gasteiger partial charge on any atom is -0.341 e. The number of para-hydroxylation sites is 1. The van der Waals surface area contributed by atoms with Gasteiger partial charge in [0.1, 0.15) is 0 Å². The first-order valence-corrected chi connectivity index (χ1v) is 7.42. The minimum absolute atomic E-state index is 0.130. The molecule has 3 nitrogen and oxygen atoms in total. The Kier molecular flexibility index (Phi) is 4.35. The largest absolute Gasteiger partial charge is 0.341 e. The molecule has 1 heterocycles. The first kappa shape index (κ1) is 14.8. The summed E-state index contributed by atoms with van der Waals surface area (Å²) < 4.78 is 0. The number of benzene rings is 2. The molecule has 2 aromatic carbocycles. The van der Waals surface area contributed by atoms with E-state index >= 15 is 0 Å². The molecule has 0 aliphatic heterocycles. The second-order valence-corrected chi connectivity index (χ2v) is 5.18. The molecule has 3 aromatic rings. The van der Waals surface area contributed by atoms with Crippen LogP contribution in [0.15, 0.2) is 60.7 Å². The summed E-state index contributed by atoms with van der Waals surface area (Å²) in [6, 6.07) is 19.2. The van der Waals surface area contributed by atoms with E-state index in [4.69, 9.17) is 0 Å². The maximum absolute atomic E-state index is 12.4. The lowest BCUT2D eigenvalue weighted by molar-refractivity contribution is 0.0960. The monoisotopic (exact) mass is 300 g/mol. The molecular formula is C20H16N2O. The first-order chi connectivity index (χ1) is 11.2. The van der Waals surface area contributed by atoms with Crippen LogP contribution in [0.1, 0.15) is 21.6 Å². The number of carbonyl (C=O) groups is 1. The summed E-state index contributed by atoms with van der Waals surface area (Å²) in [5.41, 5.74) is 3.22. The smallest absolute Gasteiger partial charge is 0.252 e. The average molecular weight is 300 g/mol. The molecular weight excluding hydrogens is 284 g/mol. The van der Waals surface area contributed by atoms with Gasteiger partial charge in [0, 0.05) is 16.6 Å². The van der Waals surface area contributed by atoms with E-state index in [1.807, 2.05) is 67.6 Å². The second-order valence-electron chi connectivity index (χ2n) is 5.18. The fraction of sp³-hybridized carbons (Fsp3) is 0.100. The summed E-state index contributed by atoms with van der Waals surface area (Å²) in [5.74, 6) is 5.86. The van der Waals surface area contributed by atoms with Crippen LogP contribution in [-0.2, 0) is 0 Å². The molecule has 23 heavy (non-hydrogen) atoms. The van der Waals surface area contributed by atoms with Crippen LogP contribution in [0, 0.1) is 18.8 Å². The van der Waals surface area contributed by atoms with Crippen molar-refractivity contribution in [1.82, 2.24) is 10.3 Å². The van der Waals surface area contributed by atoms with Crippen LogP contribution < -0.4 is 5.32 Å². The molecule has 1 aromatic heterocycles. The van der Waals surface area contributed by atoms with Crippen molar-refractivity contribution in [2.75, 3.05) is 6.54 Å². The molecule has 0 radical (unpaired) electrons. The Labute approximate surface area is 135 Å². The normalized spacial score (nSPS) is 9.96. The summed E-state index contributed by atoms with van der Waals surface area (Å²) >= 11 is 0. The fourth-order valence-electron chi connectivity index (χ4n) is 2.38. The molecule has 112 valence electrons. The van der Waals surface area contributed by atoms with Crippen molar-refractivity contribution in [3.05, 3.63) is 77.5 Å². The van der Waals surface area contributed by atoms with Crippen LogP contribution >= 0.6 is 0 Å². The quantitative estimate of drug-likeness (QED) is 0.738. The summed E-state index contributed by atoms with van der Waals surface area (Å²) in [6.45, 7) is 2.20. The third kappa shape index (κ3) is 3.56. The maximum atomic E-state index is 12.4. The van der Waals surface area contributed by atoms with Gasteiger partial charge in [0.25, 0.3) is 5.91 Å². The summed E-state index contributed by atoms with van der Waals surface area (Å²) in [6.07, 6.45) is 0. The predicted molar refractivity (Wildman–Crippen MR) is 92.1 cm³/mol. The molecule has 1 amide bonds. The SMILES string of the molecule is Cc1cc(C(=O)NCC#Cc2ccccc2)c2ccccc2n1. The zero-order chi connectivity index (χ0) is 16.1. The zero-order valence-corrected chi connectivity index (χ0v) is 12.8. The van der Waals surface area contributed by atoms with Crippen LogP contribution in [-0.4, -0.2) is 17.4 Å². The number of pyridine rings is 1. The Bertz CT molecular complexity index is 905. The lowest BCUT2D eigenvalue weighted by Crippen LogP contribution is -2.24. The van der Waals surface area contributed by atoms with Crippen LogP contribution in [0.5, 0.6) is 0 Å². The number of fused-ring (bicyclic) bond motifs is 1. The number of nitrogens with one attached hydrogen (secondary N) is 1. The Hall–Kier alpha value is -3.12. The Balaban J connectivity index is 1.76. The highest BCUT2D eigenvalue weighted by Gasteiger charge is 2.10. The van der Waals surface area contributed by atoms with Crippen LogP contribution in [0.3, 0.4) is 0 Å². The highest BCUT2D eigenvalue weighted by Crippen LogP contribution is 2.17. The number of amides is 1. The molecule has 3 heteroatoms. The standard InChI is InChI=1S/C20H16N2O/c1-15-14-18(17-11-5-6-12-19(17)22-15)20(23)21-13-7-10-16-8-3-2-4-9-16/h2-6,8-9,11-12,14H,13H2,1H3,(H,21,23).